The van der Waals surface area contributed by atoms with Crippen LogP contribution in [0, 0.1) is 0 Å². The molecule has 154 valence electrons. The second-order valence-electron chi connectivity index (χ2n) is 6.15. The topological polar surface area (TPSA) is 84.5 Å². The molecule has 0 aliphatic carbocycles. The lowest BCUT2D eigenvalue weighted by Crippen LogP contribution is -2.31. The van der Waals surface area contributed by atoms with Crippen molar-refractivity contribution in [2.45, 2.75) is 19.0 Å². The lowest BCUT2D eigenvalue weighted by atomic mass is 10.1. The van der Waals surface area contributed by atoms with Crippen molar-refractivity contribution in [3.05, 3.63) is 65.2 Å². The molecule has 0 heterocycles. The average Bonchev–Trinajstić information content (AvgIpc) is 2.67. The van der Waals surface area contributed by atoms with Gasteiger partial charge in [0, 0.05) is 5.69 Å². The van der Waals surface area contributed by atoms with Crippen molar-refractivity contribution in [3.63, 3.8) is 0 Å². The predicted molar refractivity (Wildman–Crippen MR) is 98.9 cm³/mol. The van der Waals surface area contributed by atoms with Crippen LogP contribution in [0.3, 0.4) is 0 Å². The molecule has 9 heteroatoms. The predicted octanol–water partition coefficient (Wildman–Crippen LogP) is 2.72. The summed E-state index contributed by atoms with van der Waals surface area (Å²) in [6.45, 7) is -0.215. The highest BCUT2D eigenvalue weighted by atomic mass is 19.4. The molecule has 0 atom stereocenters. The van der Waals surface area contributed by atoms with Crippen molar-refractivity contribution in [1.82, 2.24) is 5.32 Å². The SMILES string of the molecule is COC(=O)CNC(=O)Cc1ccc(NC(=O)Cc2ccc(C(F)(F)F)cc2)cc1. The Morgan fingerprint density at radius 1 is 0.862 bits per heavy atom. The van der Waals surface area contributed by atoms with E-state index < -0.39 is 17.7 Å². The molecule has 2 N–H and O–H groups in total. The number of alkyl halides is 3. The van der Waals surface area contributed by atoms with E-state index in [0.717, 1.165) is 12.1 Å². The first-order valence-corrected chi connectivity index (χ1v) is 8.56. The summed E-state index contributed by atoms with van der Waals surface area (Å²) in [6.07, 6.45) is -4.44. The molecular weight excluding hydrogens is 389 g/mol. The Hall–Kier alpha value is -3.36. The summed E-state index contributed by atoms with van der Waals surface area (Å²) >= 11 is 0. The third kappa shape index (κ3) is 7.28. The van der Waals surface area contributed by atoms with Gasteiger partial charge in [-0.05, 0) is 35.4 Å². The number of anilines is 1. The van der Waals surface area contributed by atoms with Crippen LogP contribution < -0.4 is 10.6 Å². The number of esters is 1. The zero-order chi connectivity index (χ0) is 21.4. The van der Waals surface area contributed by atoms with Crippen molar-refractivity contribution in [1.29, 1.82) is 0 Å². The first-order valence-electron chi connectivity index (χ1n) is 8.56. The van der Waals surface area contributed by atoms with Crippen molar-refractivity contribution in [2.24, 2.45) is 0 Å². The summed E-state index contributed by atoms with van der Waals surface area (Å²) in [6, 6.07) is 10.9. The van der Waals surface area contributed by atoms with E-state index in [-0.39, 0.29) is 31.2 Å². The van der Waals surface area contributed by atoms with E-state index in [4.69, 9.17) is 0 Å². The van der Waals surface area contributed by atoms with Crippen molar-refractivity contribution in [3.8, 4) is 0 Å². The number of carbonyl (C=O) groups is 3. The number of amides is 2. The van der Waals surface area contributed by atoms with Crippen LogP contribution in [0.15, 0.2) is 48.5 Å². The van der Waals surface area contributed by atoms with E-state index in [1.165, 1.54) is 19.2 Å². The number of halogens is 3. The van der Waals surface area contributed by atoms with Crippen molar-refractivity contribution < 1.29 is 32.3 Å². The maximum absolute atomic E-state index is 12.6. The van der Waals surface area contributed by atoms with Crippen molar-refractivity contribution >= 4 is 23.5 Å². The molecule has 0 unspecified atom stereocenters. The van der Waals surface area contributed by atoms with Crippen LogP contribution in [0.1, 0.15) is 16.7 Å². The first-order chi connectivity index (χ1) is 13.7. The van der Waals surface area contributed by atoms with E-state index >= 15 is 0 Å². The third-order valence-electron chi connectivity index (χ3n) is 3.91. The molecule has 0 saturated carbocycles. The first kappa shape index (κ1) is 21.9. The maximum Gasteiger partial charge on any atom is 0.416 e. The van der Waals surface area contributed by atoms with Gasteiger partial charge in [0.05, 0.1) is 25.5 Å². The number of rotatable bonds is 7. The van der Waals surface area contributed by atoms with E-state index in [1.54, 1.807) is 24.3 Å². The molecule has 29 heavy (non-hydrogen) atoms. The van der Waals surface area contributed by atoms with Gasteiger partial charge in [-0.1, -0.05) is 24.3 Å². The number of ether oxygens (including phenoxy) is 1. The fourth-order valence-electron chi connectivity index (χ4n) is 2.40. The molecule has 0 aliphatic rings. The smallest absolute Gasteiger partial charge is 0.416 e. The fraction of sp³-hybridized carbons (Fsp3) is 0.250. The molecule has 0 aromatic heterocycles. The summed E-state index contributed by atoms with van der Waals surface area (Å²) < 4.78 is 42.1. The lowest BCUT2D eigenvalue weighted by molar-refractivity contribution is -0.141. The van der Waals surface area contributed by atoms with Gasteiger partial charge in [0.25, 0.3) is 0 Å². The number of nitrogens with one attached hydrogen (secondary N) is 2. The quantitative estimate of drug-likeness (QED) is 0.690. The monoisotopic (exact) mass is 408 g/mol. The number of methoxy groups -OCH3 is 1. The summed E-state index contributed by atoms with van der Waals surface area (Å²) in [5.41, 5.74) is 0.844. The Morgan fingerprint density at radius 2 is 1.38 bits per heavy atom. The van der Waals surface area contributed by atoms with E-state index in [0.29, 0.717) is 16.8 Å². The van der Waals surface area contributed by atoms with E-state index in [1.807, 2.05) is 0 Å². The van der Waals surface area contributed by atoms with Crippen LogP contribution in [-0.2, 0) is 38.1 Å². The fourth-order valence-corrected chi connectivity index (χ4v) is 2.40. The largest absolute Gasteiger partial charge is 0.468 e. The second-order valence-corrected chi connectivity index (χ2v) is 6.15. The van der Waals surface area contributed by atoms with Crippen LogP contribution in [0.5, 0.6) is 0 Å². The average molecular weight is 408 g/mol. The van der Waals surface area contributed by atoms with E-state index in [2.05, 4.69) is 15.4 Å². The number of carbonyl (C=O) groups excluding carboxylic acids is 3. The van der Waals surface area contributed by atoms with Gasteiger partial charge in [-0.15, -0.1) is 0 Å². The Morgan fingerprint density at radius 3 is 1.90 bits per heavy atom. The molecule has 0 bridgehead atoms. The third-order valence-corrected chi connectivity index (χ3v) is 3.91. The zero-order valence-electron chi connectivity index (χ0n) is 15.5. The molecule has 2 aromatic rings. The second kappa shape index (κ2) is 9.72. The normalized spacial score (nSPS) is 10.9. The Kier molecular flexibility index (Phi) is 7.35. The Labute approximate surface area is 165 Å². The molecule has 0 aliphatic heterocycles. The van der Waals surface area contributed by atoms with Gasteiger partial charge in [0.2, 0.25) is 11.8 Å². The van der Waals surface area contributed by atoms with Crippen molar-refractivity contribution in [2.75, 3.05) is 19.0 Å². The molecule has 2 amide bonds. The molecule has 0 spiro atoms. The van der Waals surface area contributed by atoms with Gasteiger partial charge in [0.15, 0.2) is 0 Å². The van der Waals surface area contributed by atoms with Crippen LogP contribution >= 0.6 is 0 Å². The summed E-state index contributed by atoms with van der Waals surface area (Å²) in [4.78, 5) is 34.8. The minimum absolute atomic E-state index is 0.0524. The number of hydrogen-bond donors (Lipinski definition) is 2. The number of benzene rings is 2. The molecular formula is C20H19F3N2O4. The summed E-state index contributed by atoms with van der Waals surface area (Å²) in [5, 5.41) is 5.06. The van der Waals surface area contributed by atoms with Gasteiger partial charge >= 0.3 is 12.1 Å². The Bertz CT molecular complexity index is 863. The minimum atomic E-state index is -4.42. The van der Waals surface area contributed by atoms with Gasteiger partial charge in [-0.3, -0.25) is 14.4 Å². The van der Waals surface area contributed by atoms with E-state index in [9.17, 15) is 27.6 Å². The highest BCUT2D eigenvalue weighted by molar-refractivity contribution is 5.92. The molecule has 6 nitrogen and oxygen atoms in total. The molecule has 2 aromatic carbocycles. The van der Waals surface area contributed by atoms with Gasteiger partial charge in [-0.2, -0.15) is 13.2 Å². The Balaban J connectivity index is 1.85. The highest BCUT2D eigenvalue weighted by Gasteiger charge is 2.29. The summed E-state index contributed by atoms with van der Waals surface area (Å²) in [5.74, 6) is -1.28. The molecule has 2 rings (SSSR count). The highest BCUT2D eigenvalue weighted by Crippen LogP contribution is 2.29. The van der Waals surface area contributed by atoms with Gasteiger partial charge in [-0.25, -0.2) is 0 Å². The van der Waals surface area contributed by atoms with Crippen LogP contribution in [0.4, 0.5) is 18.9 Å². The van der Waals surface area contributed by atoms with Gasteiger partial charge in [0.1, 0.15) is 6.54 Å². The standard InChI is InChI=1S/C20H19F3N2O4/c1-29-19(28)12-24-17(26)10-14-4-8-16(9-5-14)25-18(27)11-13-2-6-15(7-3-13)20(21,22)23/h2-9H,10-12H2,1H3,(H,24,26)(H,25,27). The number of hydrogen-bond acceptors (Lipinski definition) is 4. The lowest BCUT2D eigenvalue weighted by Gasteiger charge is -2.09. The molecule has 0 radical (unpaired) electrons. The molecule has 0 fully saturated rings. The zero-order valence-corrected chi connectivity index (χ0v) is 15.5. The minimum Gasteiger partial charge on any atom is -0.468 e. The van der Waals surface area contributed by atoms with Crippen LogP contribution in [0.2, 0.25) is 0 Å². The molecule has 0 saturated heterocycles. The summed E-state index contributed by atoms with van der Waals surface area (Å²) in [7, 11) is 1.22. The van der Waals surface area contributed by atoms with Crippen LogP contribution in [0.25, 0.3) is 0 Å². The van der Waals surface area contributed by atoms with Gasteiger partial charge < -0.3 is 15.4 Å². The van der Waals surface area contributed by atoms with Crippen LogP contribution in [-0.4, -0.2) is 31.4 Å². The maximum atomic E-state index is 12.6.